The van der Waals surface area contributed by atoms with E-state index in [0.717, 1.165) is 11.1 Å². The molecule has 1 saturated heterocycles. The number of piperidine rings is 1. The molecule has 4 aliphatic rings. The van der Waals surface area contributed by atoms with Gasteiger partial charge >= 0.3 is 17.9 Å². The number of aromatic hydroxyl groups is 1. The van der Waals surface area contributed by atoms with Crippen molar-refractivity contribution in [2.45, 2.75) is 81.4 Å². The molecule has 1 spiro atoms. The van der Waals surface area contributed by atoms with E-state index < -0.39 is 59.2 Å². The van der Waals surface area contributed by atoms with Crippen LogP contribution in [0.4, 0.5) is 0 Å². The fraction of sp³-hybridized carbons (Fsp3) is 0.455. The van der Waals surface area contributed by atoms with E-state index in [1.165, 1.54) is 20.8 Å². The molecule has 3 N–H and O–H groups in total. The van der Waals surface area contributed by atoms with Crippen molar-refractivity contribution in [1.82, 2.24) is 10.2 Å². The van der Waals surface area contributed by atoms with Crippen molar-refractivity contribution >= 4 is 23.8 Å². The van der Waals surface area contributed by atoms with Gasteiger partial charge in [-0.25, -0.2) is 9.59 Å². The average Bonchev–Trinajstić information content (AvgIpc) is 3.37. The van der Waals surface area contributed by atoms with Crippen LogP contribution in [0.5, 0.6) is 11.5 Å². The number of aliphatic hydroxyl groups is 1. The lowest BCUT2D eigenvalue weighted by atomic mass is 9.50. The molecule has 7 atom stereocenters. The van der Waals surface area contributed by atoms with Crippen LogP contribution in [0.1, 0.15) is 56.4 Å². The SMILES string of the molecule is CC(=O)O[C@H](C(=O)N[C@@H](C)C(=O)O[C@@H](C)C(=O)OC1=CC[C@@]2(O)[C@H]3Cc4ccc(O)c5c4[C@@]2(CCN3C)[C@H]1O5)c1ccccc1. The molecule has 12 heteroatoms. The lowest BCUT2D eigenvalue weighted by Crippen LogP contribution is -2.74. The maximum Gasteiger partial charge on any atom is 0.352 e. The zero-order valence-corrected chi connectivity index (χ0v) is 25.4. The molecule has 1 fully saturated rings. The number of likely N-dealkylation sites (N-methyl/N-ethyl adjacent to an activating group) is 1. The fourth-order valence-electron chi connectivity index (χ4n) is 7.38. The van der Waals surface area contributed by atoms with Gasteiger partial charge in [-0.15, -0.1) is 0 Å². The molecule has 2 heterocycles. The summed E-state index contributed by atoms with van der Waals surface area (Å²) in [6, 6.07) is 10.4. The Morgan fingerprint density at radius 3 is 2.51 bits per heavy atom. The lowest BCUT2D eigenvalue weighted by molar-refractivity contribution is -0.176. The molecule has 0 radical (unpaired) electrons. The Hall–Kier alpha value is -4.42. The van der Waals surface area contributed by atoms with Crippen molar-refractivity contribution in [3.63, 3.8) is 0 Å². The predicted molar refractivity (Wildman–Crippen MR) is 157 cm³/mol. The molecule has 1 amide bonds. The Kier molecular flexibility index (Phi) is 7.60. The third-order valence-electron chi connectivity index (χ3n) is 9.53. The van der Waals surface area contributed by atoms with Crippen LogP contribution in [0.3, 0.4) is 0 Å². The van der Waals surface area contributed by atoms with Crippen LogP contribution in [0.2, 0.25) is 0 Å². The third-order valence-corrected chi connectivity index (χ3v) is 9.53. The molecule has 6 rings (SSSR count). The number of ether oxygens (including phenoxy) is 4. The number of benzene rings is 2. The molecule has 0 unspecified atom stereocenters. The smallest absolute Gasteiger partial charge is 0.352 e. The molecule has 45 heavy (non-hydrogen) atoms. The fourth-order valence-corrected chi connectivity index (χ4v) is 7.38. The summed E-state index contributed by atoms with van der Waals surface area (Å²) in [6.07, 6.45) is -0.594. The number of amides is 1. The minimum atomic E-state index is -1.36. The number of likely N-dealkylation sites (tertiary alicyclic amines) is 1. The first-order valence-electron chi connectivity index (χ1n) is 15.0. The van der Waals surface area contributed by atoms with Crippen molar-refractivity contribution in [2.24, 2.45) is 0 Å². The van der Waals surface area contributed by atoms with Crippen LogP contribution >= 0.6 is 0 Å². The second-order valence-electron chi connectivity index (χ2n) is 12.2. The highest BCUT2D eigenvalue weighted by Crippen LogP contribution is 2.65. The number of esters is 3. The monoisotopic (exact) mass is 620 g/mol. The van der Waals surface area contributed by atoms with E-state index in [9.17, 15) is 29.4 Å². The van der Waals surface area contributed by atoms with E-state index in [-0.39, 0.29) is 29.7 Å². The largest absolute Gasteiger partial charge is 0.504 e. The topological polar surface area (TPSA) is 161 Å². The van der Waals surface area contributed by atoms with Crippen LogP contribution in [0.25, 0.3) is 0 Å². The number of carbonyl (C=O) groups excluding carboxylic acids is 4. The van der Waals surface area contributed by atoms with E-state index in [1.54, 1.807) is 42.5 Å². The Morgan fingerprint density at radius 2 is 1.80 bits per heavy atom. The standard InChI is InChI=1S/C33H36N2O10/c1-17(34-29(38)26(43-19(3)36)20-8-6-5-7-9-20)30(39)42-18(2)31(40)44-23-12-13-33(41)24-16-21-10-11-22(37)27-25(21)32(33,28(23)45-27)14-15-35(24)4/h5-12,17-18,24,26,28,37,41H,13-16H2,1-4H3,(H,34,38)/t17-,18-,24+,26-,28-,32-,33+/m0/s1. The molecule has 238 valence electrons. The molecule has 2 aliphatic carbocycles. The van der Waals surface area contributed by atoms with Crippen LogP contribution in [0, 0.1) is 0 Å². The molecule has 0 aromatic heterocycles. The van der Waals surface area contributed by atoms with Gasteiger partial charge in [0.1, 0.15) is 11.8 Å². The van der Waals surface area contributed by atoms with E-state index >= 15 is 0 Å². The van der Waals surface area contributed by atoms with Gasteiger partial charge in [0.2, 0.25) is 6.10 Å². The molecule has 0 saturated carbocycles. The zero-order chi connectivity index (χ0) is 32.3. The number of rotatable bonds is 8. The normalized spacial score (nSPS) is 27.9. The van der Waals surface area contributed by atoms with Crippen molar-refractivity contribution in [3.05, 3.63) is 71.0 Å². The quantitative estimate of drug-likeness (QED) is 0.292. The summed E-state index contributed by atoms with van der Waals surface area (Å²) < 4.78 is 22.6. The Labute approximate surface area is 259 Å². The van der Waals surface area contributed by atoms with Gasteiger partial charge in [-0.05, 0) is 58.0 Å². The Bertz CT molecular complexity index is 1590. The maximum atomic E-state index is 13.2. The number of carbonyl (C=O) groups is 4. The second-order valence-corrected chi connectivity index (χ2v) is 12.2. The van der Waals surface area contributed by atoms with Gasteiger partial charge in [0.15, 0.2) is 23.7 Å². The predicted octanol–water partition coefficient (Wildman–Crippen LogP) is 1.95. The number of hydrogen-bond donors (Lipinski definition) is 3. The van der Waals surface area contributed by atoms with Crippen molar-refractivity contribution < 1.29 is 48.3 Å². The van der Waals surface area contributed by atoms with Gasteiger partial charge in [-0.2, -0.15) is 0 Å². The highest BCUT2D eigenvalue weighted by molar-refractivity contribution is 5.89. The summed E-state index contributed by atoms with van der Waals surface area (Å²) in [6.45, 7) is 4.57. The molecule has 2 aromatic rings. The van der Waals surface area contributed by atoms with Gasteiger partial charge in [0, 0.05) is 30.5 Å². The molecule has 2 aliphatic heterocycles. The van der Waals surface area contributed by atoms with Crippen molar-refractivity contribution in [3.8, 4) is 11.5 Å². The second kappa shape index (κ2) is 11.2. The minimum absolute atomic E-state index is 0.0514. The van der Waals surface area contributed by atoms with Crippen molar-refractivity contribution in [2.75, 3.05) is 13.6 Å². The molecule has 2 bridgehead atoms. The summed E-state index contributed by atoms with van der Waals surface area (Å²) in [4.78, 5) is 52.8. The number of phenolic OH excluding ortho intramolecular Hbond substituents is 1. The van der Waals surface area contributed by atoms with Crippen molar-refractivity contribution in [1.29, 1.82) is 0 Å². The zero-order valence-electron chi connectivity index (χ0n) is 25.4. The number of nitrogens with zero attached hydrogens (tertiary/aromatic N) is 1. The summed E-state index contributed by atoms with van der Waals surface area (Å²) in [5, 5.41) is 25.4. The van der Waals surface area contributed by atoms with E-state index in [0.29, 0.717) is 24.9 Å². The Morgan fingerprint density at radius 1 is 1.07 bits per heavy atom. The maximum absolute atomic E-state index is 13.2. The molecular formula is C33H36N2O10. The van der Waals surface area contributed by atoms with E-state index in [1.807, 2.05) is 13.1 Å². The highest BCUT2D eigenvalue weighted by atomic mass is 16.6. The van der Waals surface area contributed by atoms with Gasteiger partial charge in [0.05, 0.1) is 11.0 Å². The first-order chi connectivity index (χ1) is 21.4. The van der Waals surface area contributed by atoms with E-state index in [4.69, 9.17) is 18.9 Å². The third kappa shape index (κ3) is 4.83. The first kappa shape index (κ1) is 30.6. The van der Waals surface area contributed by atoms with Crippen LogP contribution in [-0.4, -0.2) is 82.4 Å². The average molecular weight is 621 g/mol. The van der Waals surface area contributed by atoms with Crippen LogP contribution in [-0.2, 0) is 45.2 Å². The first-order valence-corrected chi connectivity index (χ1v) is 15.0. The molecule has 2 aromatic carbocycles. The van der Waals surface area contributed by atoms with Gasteiger partial charge in [-0.3, -0.25) is 9.59 Å². The number of hydrogen-bond acceptors (Lipinski definition) is 11. The number of phenols is 1. The van der Waals surface area contributed by atoms with Gasteiger partial charge in [0.25, 0.3) is 5.91 Å². The van der Waals surface area contributed by atoms with Gasteiger partial charge in [-0.1, -0.05) is 36.4 Å². The highest BCUT2D eigenvalue weighted by Gasteiger charge is 2.72. The summed E-state index contributed by atoms with van der Waals surface area (Å²) in [5.74, 6) is -2.78. The van der Waals surface area contributed by atoms with Gasteiger partial charge < -0.3 is 39.4 Å². The molecule has 12 nitrogen and oxygen atoms in total. The lowest BCUT2D eigenvalue weighted by Gasteiger charge is -2.61. The number of nitrogens with one attached hydrogen (secondary N) is 1. The molecular weight excluding hydrogens is 584 g/mol. The summed E-state index contributed by atoms with van der Waals surface area (Å²) in [5.41, 5.74) is -0.0116. The van der Waals surface area contributed by atoms with Crippen LogP contribution in [0.15, 0.2) is 54.3 Å². The summed E-state index contributed by atoms with van der Waals surface area (Å²) >= 11 is 0. The summed E-state index contributed by atoms with van der Waals surface area (Å²) in [7, 11) is 1.98. The minimum Gasteiger partial charge on any atom is -0.504 e. The Balaban J connectivity index is 1.15. The van der Waals surface area contributed by atoms with E-state index in [2.05, 4.69) is 10.2 Å². The van der Waals surface area contributed by atoms with Crippen LogP contribution < -0.4 is 10.1 Å².